The molecule has 0 atom stereocenters. The van der Waals surface area contributed by atoms with Crippen LogP contribution in [0, 0.1) is 13.8 Å². The molecule has 0 aliphatic carbocycles. The quantitative estimate of drug-likeness (QED) is 0.679. The van der Waals surface area contributed by atoms with Gasteiger partial charge in [0.05, 0.1) is 0 Å². The van der Waals surface area contributed by atoms with Crippen LogP contribution in [0.15, 0.2) is 30.3 Å². The fraction of sp³-hybridized carbons (Fsp3) is 0.286. The van der Waals surface area contributed by atoms with E-state index in [0.717, 1.165) is 0 Å². The second-order valence-electron chi connectivity index (χ2n) is 4.28. The predicted molar refractivity (Wildman–Crippen MR) is 67.7 cm³/mol. The van der Waals surface area contributed by atoms with Gasteiger partial charge in [-0.15, -0.1) is 0 Å². The third-order valence-electron chi connectivity index (χ3n) is 2.91. The molecule has 0 saturated carbocycles. The number of benzene rings is 2. The number of aryl methyl sites for hydroxylation is 2. The smallest absolute Gasteiger partial charge is 0.0426 e. The lowest BCUT2D eigenvalue weighted by atomic mass is 9.99. The standard InChI is InChI=1S/C14H17N/c1-10-9-12-7-5-6-8-13(12)11(2)14(10)15(3)4/h5-9H,1-4H3. The third-order valence-corrected chi connectivity index (χ3v) is 2.91. The number of hydrogen-bond donors (Lipinski definition) is 0. The maximum absolute atomic E-state index is 2.26. The Morgan fingerprint density at radius 1 is 1.00 bits per heavy atom. The van der Waals surface area contributed by atoms with E-state index in [1.807, 2.05) is 0 Å². The van der Waals surface area contributed by atoms with Crippen molar-refractivity contribution in [3.8, 4) is 0 Å². The molecule has 2 aromatic rings. The topological polar surface area (TPSA) is 3.24 Å². The molecule has 1 heteroatoms. The first-order valence-electron chi connectivity index (χ1n) is 5.27. The minimum absolute atomic E-state index is 1.33. The van der Waals surface area contributed by atoms with E-state index >= 15 is 0 Å². The van der Waals surface area contributed by atoms with Gasteiger partial charge in [-0.25, -0.2) is 0 Å². The first-order valence-corrected chi connectivity index (χ1v) is 5.27. The highest BCUT2D eigenvalue weighted by Crippen LogP contribution is 2.30. The van der Waals surface area contributed by atoms with E-state index in [0.29, 0.717) is 0 Å². The van der Waals surface area contributed by atoms with E-state index in [2.05, 4.69) is 63.2 Å². The van der Waals surface area contributed by atoms with Gasteiger partial charge in [0.1, 0.15) is 0 Å². The molecule has 0 amide bonds. The predicted octanol–water partition coefficient (Wildman–Crippen LogP) is 3.52. The molecule has 0 aliphatic rings. The largest absolute Gasteiger partial charge is 0.377 e. The van der Waals surface area contributed by atoms with E-state index in [-0.39, 0.29) is 0 Å². The van der Waals surface area contributed by atoms with Gasteiger partial charge >= 0.3 is 0 Å². The van der Waals surface area contributed by atoms with Gasteiger partial charge in [-0.2, -0.15) is 0 Å². The molecular weight excluding hydrogens is 182 g/mol. The van der Waals surface area contributed by atoms with Gasteiger partial charge in [0.2, 0.25) is 0 Å². The lowest BCUT2D eigenvalue weighted by molar-refractivity contribution is 1.10. The Morgan fingerprint density at radius 3 is 2.33 bits per heavy atom. The zero-order valence-corrected chi connectivity index (χ0v) is 9.83. The molecule has 0 N–H and O–H groups in total. The van der Waals surface area contributed by atoms with Crippen LogP contribution in [-0.2, 0) is 0 Å². The summed E-state index contributed by atoms with van der Waals surface area (Å²) < 4.78 is 0. The molecule has 1 nitrogen and oxygen atoms in total. The number of fused-ring (bicyclic) bond motifs is 1. The van der Waals surface area contributed by atoms with E-state index in [9.17, 15) is 0 Å². The van der Waals surface area contributed by atoms with Crippen LogP contribution in [0.2, 0.25) is 0 Å². The number of anilines is 1. The van der Waals surface area contributed by atoms with Gasteiger partial charge in [0, 0.05) is 19.8 Å². The molecule has 0 aliphatic heterocycles. The Balaban J connectivity index is 2.84. The van der Waals surface area contributed by atoms with Crippen LogP contribution >= 0.6 is 0 Å². The van der Waals surface area contributed by atoms with Crippen molar-refractivity contribution in [2.45, 2.75) is 13.8 Å². The van der Waals surface area contributed by atoms with Crippen LogP contribution in [-0.4, -0.2) is 14.1 Å². The molecule has 0 saturated heterocycles. The van der Waals surface area contributed by atoms with Crippen molar-refractivity contribution in [3.63, 3.8) is 0 Å². The Kier molecular flexibility index (Phi) is 2.39. The van der Waals surface area contributed by atoms with E-state index < -0.39 is 0 Å². The Bertz CT molecular complexity index is 498. The van der Waals surface area contributed by atoms with Gasteiger partial charge < -0.3 is 4.90 Å². The summed E-state index contributed by atoms with van der Waals surface area (Å²) in [5, 5.41) is 2.69. The van der Waals surface area contributed by atoms with Gasteiger partial charge in [0.25, 0.3) is 0 Å². The molecule has 78 valence electrons. The molecular formula is C14H17N. The van der Waals surface area contributed by atoms with E-state index in [1.54, 1.807) is 0 Å². The van der Waals surface area contributed by atoms with Gasteiger partial charge in [-0.3, -0.25) is 0 Å². The summed E-state index contributed by atoms with van der Waals surface area (Å²) in [7, 11) is 4.20. The SMILES string of the molecule is Cc1cc2ccccc2c(C)c1N(C)C. The van der Waals surface area contributed by atoms with Gasteiger partial charge in [0.15, 0.2) is 0 Å². The summed E-state index contributed by atoms with van der Waals surface area (Å²) in [5.74, 6) is 0. The fourth-order valence-corrected chi connectivity index (χ4v) is 2.38. The molecule has 2 aromatic carbocycles. The van der Waals surface area contributed by atoms with Crippen molar-refractivity contribution in [1.29, 1.82) is 0 Å². The zero-order valence-electron chi connectivity index (χ0n) is 9.83. The Hall–Kier alpha value is -1.50. The van der Waals surface area contributed by atoms with Crippen molar-refractivity contribution >= 4 is 16.5 Å². The van der Waals surface area contributed by atoms with Crippen molar-refractivity contribution in [1.82, 2.24) is 0 Å². The summed E-state index contributed by atoms with van der Waals surface area (Å²) in [5.41, 5.74) is 4.06. The first-order chi connectivity index (χ1) is 7.11. The second-order valence-corrected chi connectivity index (χ2v) is 4.28. The van der Waals surface area contributed by atoms with Gasteiger partial charge in [-0.1, -0.05) is 24.3 Å². The normalized spacial score (nSPS) is 10.7. The van der Waals surface area contributed by atoms with Crippen molar-refractivity contribution < 1.29 is 0 Å². The van der Waals surface area contributed by atoms with Crippen molar-refractivity contribution in [3.05, 3.63) is 41.5 Å². The van der Waals surface area contributed by atoms with Crippen LogP contribution in [0.25, 0.3) is 10.8 Å². The van der Waals surface area contributed by atoms with E-state index in [1.165, 1.54) is 27.6 Å². The molecule has 0 spiro atoms. The van der Waals surface area contributed by atoms with Crippen LogP contribution < -0.4 is 4.90 Å². The molecule has 0 radical (unpaired) electrons. The van der Waals surface area contributed by atoms with Crippen LogP contribution in [0.3, 0.4) is 0 Å². The molecule has 0 bridgehead atoms. The summed E-state index contributed by atoms with van der Waals surface area (Å²) in [6.45, 7) is 4.37. The lowest BCUT2D eigenvalue weighted by Gasteiger charge is -2.20. The Labute approximate surface area is 91.3 Å². The van der Waals surface area contributed by atoms with Crippen LogP contribution in [0.1, 0.15) is 11.1 Å². The molecule has 2 rings (SSSR count). The average molecular weight is 199 g/mol. The third kappa shape index (κ3) is 1.58. The zero-order chi connectivity index (χ0) is 11.0. The monoisotopic (exact) mass is 199 g/mol. The van der Waals surface area contributed by atoms with Crippen molar-refractivity contribution in [2.24, 2.45) is 0 Å². The Morgan fingerprint density at radius 2 is 1.67 bits per heavy atom. The maximum Gasteiger partial charge on any atom is 0.0426 e. The molecule has 0 aromatic heterocycles. The first kappa shape index (κ1) is 10.0. The minimum Gasteiger partial charge on any atom is -0.377 e. The van der Waals surface area contributed by atoms with Gasteiger partial charge in [-0.05, 0) is 41.8 Å². The molecule has 0 unspecified atom stereocenters. The van der Waals surface area contributed by atoms with Crippen LogP contribution in [0.4, 0.5) is 5.69 Å². The fourth-order valence-electron chi connectivity index (χ4n) is 2.38. The minimum atomic E-state index is 1.33. The lowest BCUT2D eigenvalue weighted by Crippen LogP contribution is -2.12. The second kappa shape index (κ2) is 3.58. The highest BCUT2D eigenvalue weighted by molar-refractivity contribution is 5.91. The summed E-state index contributed by atoms with van der Waals surface area (Å²) in [6.07, 6.45) is 0. The summed E-state index contributed by atoms with van der Waals surface area (Å²) >= 11 is 0. The molecule has 15 heavy (non-hydrogen) atoms. The van der Waals surface area contributed by atoms with E-state index in [4.69, 9.17) is 0 Å². The van der Waals surface area contributed by atoms with Crippen LogP contribution in [0.5, 0.6) is 0 Å². The molecule has 0 fully saturated rings. The highest BCUT2D eigenvalue weighted by atomic mass is 15.1. The summed E-state index contributed by atoms with van der Waals surface area (Å²) in [4.78, 5) is 2.19. The average Bonchev–Trinajstić information content (AvgIpc) is 2.17. The summed E-state index contributed by atoms with van der Waals surface area (Å²) in [6, 6.07) is 10.8. The molecule has 0 heterocycles. The number of rotatable bonds is 1. The highest BCUT2D eigenvalue weighted by Gasteiger charge is 2.08. The number of nitrogens with zero attached hydrogens (tertiary/aromatic N) is 1. The number of hydrogen-bond acceptors (Lipinski definition) is 1. The van der Waals surface area contributed by atoms with Crippen molar-refractivity contribution in [2.75, 3.05) is 19.0 Å². The maximum atomic E-state index is 2.26.